The van der Waals surface area contributed by atoms with Gasteiger partial charge in [0.1, 0.15) is 11.5 Å². The minimum atomic E-state index is -0.215. The standard InChI is InChI=1S/C23H34O4/c1-3-5-7-9-22(24)26-20-14-16-21(17-15-20)27-23(25)19-12-10-18(11-13-19)8-6-4-2/h14-19H,3-13H2,1-2H3. The number of esters is 2. The Bertz CT molecular complexity index is 571. The number of hydrogen-bond donors (Lipinski definition) is 0. The molecule has 150 valence electrons. The molecule has 1 aliphatic rings. The zero-order valence-electron chi connectivity index (χ0n) is 16.9. The third kappa shape index (κ3) is 7.74. The largest absolute Gasteiger partial charge is 0.427 e. The molecule has 0 N–H and O–H groups in total. The summed E-state index contributed by atoms with van der Waals surface area (Å²) in [6.45, 7) is 4.32. The van der Waals surface area contributed by atoms with E-state index in [1.165, 1.54) is 19.3 Å². The number of carbonyl (C=O) groups excluding carboxylic acids is 2. The lowest BCUT2D eigenvalue weighted by atomic mass is 9.80. The zero-order valence-corrected chi connectivity index (χ0v) is 16.9. The van der Waals surface area contributed by atoms with Gasteiger partial charge in [-0.3, -0.25) is 9.59 Å². The molecule has 0 radical (unpaired) electrons. The number of carbonyl (C=O) groups is 2. The summed E-state index contributed by atoms with van der Waals surface area (Å²) in [4.78, 5) is 24.1. The highest BCUT2D eigenvalue weighted by molar-refractivity contribution is 5.75. The second kappa shape index (κ2) is 11.8. The van der Waals surface area contributed by atoms with E-state index < -0.39 is 0 Å². The highest BCUT2D eigenvalue weighted by Gasteiger charge is 2.27. The maximum Gasteiger partial charge on any atom is 0.314 e. The number of rotatable bonds is 10. The summed E-state index contributed by atoms with van der Waals surface area (Å²) in [6, 6.07) is 6.75. The zero-order chi connectivity index (χ0) is 19.5. The first-order valence-electron chi connectivity index (χ1n) is 10.6. The summed E-state index contributed by atoms with van der Waals surface area (Å²) in [5, 5.41) is 0. The van der Waals surface area contributed by atoms with Crippen LogP contribution < -0.4 is 9.47 Å². The Morgan fingerprint density at radius 1 is 0.852 bits per heavy atom. The minimum Gasteiger partial charge on any atom is -0.427 e. The van der Waals surface area contributed by atoms with Crippen molar-refractivity contribution in [1.82, 2.24) is 0 Å². The number of unbranched alkanes of at least 4 members (excludes halogenated alkanes) is 3. The molecule has 1 aromatic rings. The van der Waals surface area contributed by atoms with E-state index in [0.717, 1.165) is 50.9 Å². The van der Waals surface area contributed by atoms with Crippen LogP contribution in [0.1, 0.15) is 84.5 Å². The maximum absolute atomic E-state index is 12.4. The minimum absolute atomic E-state index is 0.0129. The van der Waals surface area contributed by atoms with Gasteiger partial charge in [0.25, 0.3) is 0 Å². The molecule has 27 heavy (non-hydrogen) atoms. The van der Waals surface area contributed by atoms with Gasteiger partial charge in [0.2, 0.25) is 0 Å². The second-order valence-electron chi connectivity index (χ2n) is 7.68. The molecule has 0 spiro atoms. The van der Waals surface area contributed by atoms with E-state index in [2.05, 4.69) is 13.8 Å². The molecular formula is C23H34O4. The SMILES string of the molecule is CCCCCC(=O)Oc1ccc(OC(=O)C2CCC(CCCC)CC2)cc1. The van der Waals surface area contributed by atoms with Crippen molar-refractivity contribution in [3.8, 4) is 11.5 Å². The smallest absolute Gasteiger partial charge is 0.314 e. The summed E-state index contributed by atoms with van der Waals surface area (Å²) >= 11 is 0. The monoisotopic (exact) mass is 374 g/mol. The van der Waals surface area contributed by atoms with Crippen LogP contribution in [0.4, 0.5) is 0 Å². The summed E-state index contributed by atoms with van der Waals surface area (Å²) in [5.74, 6) is 1.45. The molecule has 0 unspecified atom stereocenters. The average Bonchev–Trinajstić information content (AvgIpc) is 2.68. The van der Waals surface area contributed by atoms with E-state index in [1.54, 1.807) is 24.3 Å². The van der Waals surface area contributed by atoms with E-state index >= 15 is 0 Å². The summed E-state index contributed by atoms with van der Waals surface area (Å²) in [6.07, 6.45) is 11.3. The molecule has 0 atom stereocenters. The first kappa shape index (κ1) is 21.5. The van der Waals surface area contributed by atoms with Crippen LogP contribution in [0, 0.1) is 11.8 Å². The van der Waals surface area contributed by atoms with E-state index in [1.807, 2.05) is 0 Å². The fourth-order valence-corrected chi connectivity index (χ4v) is 3.66. The van der Waals surface area contributed by atoms with Gasteiger partial charge in [0.05, 0.1) is 5.92 Å². The van der Waals surface area contributed by atoms with Crippen LogP contribution in [0.25, 0.3) is 0 Å². The van der Waals surface area contributed by atoms with Gasteiger partial charge < -0.3 is 9.47 Å². The van der Waals surface area contributed by atoms with Crippen molar-refractivity contribution >= 4 is 11.9 Å². The lowest BCUT2D eigenvalue weighted by Gasteiger charge is -2.27. The molecule has 4 nitrogen and oxygen atoms in total. The lowest BCUT2D eigenvalue weighted by Crippen LogP contribution is -2.25. The van der Waals surface area contributed by atoms with Crippen LogP contribution in [0.3, 0.4) is 0 Å². The van der Waals surface area contributed by atoms with E-state index in [-0.39, 0.29) is 17.9 Å². The Hall–Kier alpha value is -1.84. The quantitative estimate of drug-likeness (QED) is 0.283. The second-order valence-corrected chi connectivity index (χ2v) is 7.68. The van der Waals surface area contributed by atoms with Gasteiger partial charge in [0, 0.05) is 6.42 Å². The van der Waals surface area contributed by atoms with Gasteiger partial charge in [-0.05, 0) is 62.3 Å². The molecule has 1 saturated carbocycles. The number of ether oxygens (including phenoxy) is 2. The normalized spacial score (nSPS) is 19.5. The molecule has 0 heterocycles. The Morgan fingerprint density at radius 2 is 1.44 bits per heavy atom. The summed E-state index contributed by atoms with van der Waals surface area (Å²) in [7, 11) is 0. The third-order valence-electron chi connectivity index (χ3n) is 5.40. The molecule has 2 rings (SSSR count). The molecule has 4 heteroatoms. The third-order valence-corrected chi connectivity index (χ3v) is 5.40. The van der Waals surface area contributed by atoms with Crippen LogP contribution >= 0.6 is 0 Å². The van der Waals surface area contributed by atoms with Gasteiger partial charge in [0.15, 0.2) is 0 Å². The highest BCUT2D eigenvalue weighted by Crippen LogP contribution is 2.33. The molecule has 1 aromatic carbocycles. The van der Waals surface area contributed by atoms with E-state index in [9.17, 15) is 9.59 Å². The topological polar surface area (TPSA) is 52.6 Å². The van der Waals surface area contributed by atoms with Crippen molar-refractivity contribution < 1.29 is 19.1 Å². The molecule has 0 bridgehead atoms. The Morgan fingerprint density at radius 3 is 2.04 bits per heavy atom. The first-order chi connectivity index (χ1) is 13.1. The van der Waals surface area contributed by atoms with Crippen molar-refractivity contribution in [2.75, 3.05) is 0 Å². The van der Waals surface area contributed by atoms with Gasteiger partial charge in [-0.15, -0.1) is 0 Å². The first-order valence-corrected chi connectivity index (χ1v) is 10.6. The fourth-order valence-electron chi connectivity index (χ4n) is 3.66. The molecular weight excluding hydrogens is 340 g/mol. The molecule has 0 amide bonds. The molecule has 0 saturated heterocycles. The van der Waals surface area contributed by atoms with Crippen molar-refractivity contribution in [3.63, 3.8) is 0 Å². The summed E-state index contributed by atoms with van der Waals surface area (Å²) < 4.78 is 10.8. The van der Waals surface area contributed by atoms with Gasteiger partial charge in [-0.25, -0.2) is 0 Å². The molecule has 1 aliphatic carbocycles. The van der Waals surface area contributed by atoms with Crippen molar-refractivity contribution in [3.05, 3.63) is 24.3 Å². The van der Waals surface area contributed by atoms with Gasteiger partial charge in [-0.2, -0.15) is 0 Å². The van der Waals surface area contributed by atoms with Crippen LogP contribution in [0.2, 0.25) is 0 Å². The Balaban J connectivity index is 1.74. The van der Waals surface area contributed by atoms with Crippen LogP contribution in [0.15, 0.2) is 24.3 Å². The molecule has 1 fully saturated rings. The fraction of sp³-hybridized carbons (Fsp3) is 0.652. The number of benzene rings is 1. The van der Waals surface area contributed by atoms with Crippen molar-refractivity contribution in [1.29, 1.82) is 0 Å². The number of hydrogen-bond acceptors (Lipinski definition) is 4. The van der Waals surface area contributed by atoms with Crippen molar-refractivity contribution in [2.45, 2.75) is 84.5 Å². The molecule has 0 aliphatic heterocycles. The van der Waals surface area contributed by atoms with Gasteiger partial charge in [-0.1, -0.05) is 46.0 Å². The van der Waals surface area contributed by atoms with E-state index in [0.29, 0.717) is 17.9 Å². The maximum atomic E-state index is 12.4. The predicted molar refractivity (Wildman–Crippen MR) is 107 cm³/mol. The highest BCUT2D eigenvalue weighted by atomic mass is 16.5. The van der Waals surface area contributed by atoms with Gasteiger partial charge >= 0.3 is 11.9 Å². The van der Waals surface area contributed by atoms with Crippen LogP contribution in [-0.2, 0) is 9.59 Å². The van der Waals surface area contributed by atoms with Crippen molar-refractivity contribution in [2.24, 2.45) is 11.8 Å². The van der Waals surface area contributed by atoms with Crippen LogP contribution in [0.5, 0.6) is 11.5 Å². The predicted octanol–water partition coefficient (Wildman–Crippen LogP) is 6.07. The lowest BCUT2D eigenvalue weighted by molar-refractivity contribution is -0.140. The van der Waals surface area contributed by atoms with Crippen LogP contribution in [-0.4, -0.2) is 11.9 Å². The summed E-state index contributed by atoms with van der Waals surface area (Å²) in [5.41, 5.74) is 0. The Labute approximate surface area is 163 Å². The molecule has 0 aromatic heterocycles. The Kier molecular flexibility index (Phi) is 9.37. The average molecular weight is 375 g/mol. The van der Waals surface area contributed by atoms with E-state index in [4.69, 9.17) is 9.47 Å².